The van der Waals surface area contributed by atoms with Crippen molar-refractivity contribution in [2.45, 2.75) is 46.2 Å². The first kappa shape index (κ1) is 17.1. The van der Waals surface area contributed by atoms with Crippen molar-refractivity contribution >= 4 is 0 Å². The van der Waals surface area contributed by atoms with Gasteiger partial charge in [0.1, 0.15) is 5.82 Å². The van der Waals surface area contributed by atoms with E-state index >= 15 is 0 Å². The fourth-order valence-corrected chi connectivity index (χ4v) is 2.62. The van der Waals surface area contributed by atoms with Gasteiger partial charge in [0.25, 0.3) is 0 Å². The van der Waals surface area contributed by atoms with Crippen LogP contribution in [-0.2, 0) is 0 Å². The Labute approximate surface area is 122 Å². The van der Waals surface area contributed by atoms with Crippen molar-refractivity contribution in [2.24, 2.45) is 5.92 Å². The second-order valence-corrected chi connectivity index (χ2v) is 5.73. The topological polar surface area (TPSA) is 28.2 Å². The molecule has 0 aliphatic rings. The van der Waals surface area contributed by atoms with Crippen molar-refractivity contribution in [3.8, 4) is 0 Å². The van der Waals surface area contributed by atoms with E-state index in [1.165, 1.54) is 12.3 Å². The van der Waals surface area contributed by atoms with Crippen molar-refractivity contribution in [3.63, 3.8) is 0 Å². The highest BCUT2D eigenvalue weighted by molar-refractivity contribution is 5.10. The zero-order chi connectivity index (χ0) is 15.1. The summed E-state index contributed by atoms with van der Waals surface area (Å²) in [5, 5.41) is 3.31. The third-order valence-corrected chi connectivity index (χ3v) is 3.71. The molecule has 1 N–H and O–H groups in total. The van der Waals surface area contributed by atoms with Gasteiger partial charge >= 0.3 is 0 Å². The number of halogens is 1. The lowest BCUT2D eigenvalue weighted by Crippen LogP contribution is -2.39. The first-order chi connectivity index (χ1) is 9.49. The number of rotatable bonds is 8. The molecule has 2 atom stereocenters. The average molecular weight is 281 g/mol. The lowest BCUT2D eigenvalue weighted by Gasteiger charge is -2.32. The molecule has 0 saturated heterocycles. The fraction of sp³-hybridized carbons (Fsp3) is 0.688. The molecular formula is C16H28FN3. The molecule has 3 nitrogen and oxygen atoms in total. The molecule has 114 valence electrons. The number of pyridine rings is 1. The zero-order valence-corrected chi connectivity index (χ0v) is 13.4. The first-order valence-electron chi connectivity index (χ1n) is 7.52. The van der Waals surface area contributed by atoms with E-state index < -0.39 is 0 Å². The normalized spacial score (nSPS) is 14.8. The van der Waals surface area contributed by atoms with Gasteiger partial charge in [0.15, 0.2) is 0 Å². The van der Waals surface area contributed by atoms with E-state index in [4.69, 9.17) is 0 Å². The molecule has 0 aromatic carbocycles. The summed E-state index contributed by atoms with van der Waals surface area (Å²) in [6.07, 6.45) is 2.45. The second kappa shape index (κ2) is 8.32. The van der Waals surface area contributed by atoms with Crippen LogP contribution in [0.15, 0.2) is 18.3 Å². The van der Waals surface area contributed by atoms with Gasteiger partial charge in [-0.25, -0.2) is 4.39 Å². The Hall–Kier alpha value is -1.00. The van der Waals surface area contributed by atoms with Crippen LogP contribution in [0.4, 0.5) is 4.39 Å². The fourth-order valence-electron chi connectivity index (χ4n) is 2.62. The molecule has 0 amide bonds. The highest BCUT2D eigenvalue weighted by Gasteiger charge is 2.22. The summed E-state index contributed by atoms with van der Waals surface area (Å²) in [6.45, 7) is 11.0. The summed E-state index contributed by atoms with van der Waals surface area (Å²) in [7, 11) is 1.94. The highest BCUT2D eigenvalue weighted by Crippen LogP contribution is 2.21. The zero-order valence-electron chi connectivity index (χ0n) is 13.4. The minimum absolute atomic E-state index is 0.147. The molecule has 0 aliphatic carbocycles. The van der Waals surface area contributed by atoms with Crippen LogP contribution in [0.3, 0.4) is 0 Å². The first-order valence-corrected chi connectivity index (χ1v) is 7.52. The van der Waals surface area contributed by atoms with Gasteiger partial charge in [-0.1, -0.05) is 13.8 Å². The largest absolute Gasteiger partial charge is 0.311 e. The Balaban J connectivity index is 2.75. The molecule has 0 bridgehead atoms. The third-order valence-electron chi connectivity index (χ3n) is 3.71. The molecule has 0 aliphatic heterocycles. The van der Waals surface area contributed by atoms with Gasteiger partial charge in [-0.15, -0.1) is 0 Å². The number of nitrogens with zero attached hydrogens (tertiary/aromatic N) is 2. The monoisotopic (exact) mass is 281 g/mol. The minimum Gasteiger partial charge on any atom is -0.311 e. The van der Waals surface area contributed by atoms with Crippen molar-refractivity contribution in [3.05, 3.63) is 29.8 Å². The van der Waals surface area contributed by atoms with Gasteiger partial charge in [0, 0.05) is 12.6 Å². The minimum atomic E-state index is -0.286. The Morgan fingerprint density at radius 3 is 2.45 bits per heavy atom. The van der Waals surface area contributed by atoms with Gasteiger partial charge in [0.05, 0.1) is 17.9 Å². The molecule has 2 unspecified atom stereocenters. The van der Waals surface area contributed by atoms with Crippen LogP contribution in [0.1, 0.15) is 45.9 Å². The predicted molar refractivity (Wildman–Crippen MR) is 82.2 cm³/mol. The Kier molecular flexibility index (Phi) is 7.10. The molecule has 0 fully saturated rings. The van der Waals surface area contributed by atoms with Crippen LogP contribution in [0.2, 0.25) is 0 Å². The van der Waals surface area contributed by atoms with Gasteiger partial charge in [0.2, 0.25) is 0 Å². The molecule has 1 rings (SSSR count). The lowest BCUT2D eigenvalue weighted by atomic mass is 9.97. The number of hydrogen-bond donors (Lipinski definition) is 1. The van der Waals surface area contributed by atoms with Gasteiger partial charge in [-0.3, -0.25) is 4.98 Å². The third kappa shape index (κ3) is 4.84. The molecule has 1 aromatic heterocycles. The molecule has 0 radical (unpaired) electrons. The van der Waals surface area contributed by atoms with Crippen LogP contribution >= 0.6 is 0 Å². The van der Waals surface area contributed by atoms with E-state index in [1.807, 2.05) is 7.05 Å². The SMILES string of the molecule is CCCN(CC(C)C(NC)c1ccc(F)cn1)C(C)C. The molecule has 0 saturated carbocycles. The van der Waals surface area contributed by atoms with Gasteiger partial charge < -0.3 is 10.2 Å². The standard InChI is InChI=1S/C16H28FN3/c1-6-9-20(12(2)3)11-13(4)16(18-5)15-8-7-14(17)10-19-15/h7-8,10,12-13,16,18H,6,9,11H2,1-5H3. The summed E-state index contributed by atoms with van der Waals surface area (Å²) in [4.78, 5) is 6.70. The van der Waals surface area contributed by atoms with Gasteiger partial charge in [-0.05, 0) is 51.9 Å². The summed E-state index contributed by atoms with van der Waals surface area (Å²) in [6, 6.07) is 3.93. The number of nitrogens with one attached hydrogen (secondary N) is 1. The van der Waals surface area contributed by atoms with Crippen molar-refractivity contribution in [1.29, 1.82) is 0 Å². The quantitative estimate of drug-likeness (QED) is 0.793. The van der Waals surface area contributed by atoms with Crippen molar-refractivity contribution < 1.29 is 4.39 Å². The summed E-state index contributed by atoms with van der Waals surface area (Å²) < 4.78 is 13.0. The molecule has 1 aromatic rings. The van der Waals surface area contributed by atoms with Gasteiger partial charge in [-0.2, -0.15) is 0 Å². The van der Waals surface area contributed by atoms with E-state index in [2.05, 4.69) is 42.9 Å². The molecule has 20 heavy (non-hydrogen) atoms. The molecular weight excluding hydrogens is 253 g/mol. The maximum atomic E-state index is 13.0. The summed E-state index contributed by atoms with van der Waals surface area (Å²) in [5.74, 6) is 0.123. The van der Waals surface area contributed by atoms with Crippen LogP contribution in [0.25, 0.3) is 0 Å². The summed E-state index contributed by atoms with van der Waals surface area (Å²) in [5.41, 5.74) is 0.904. The van der Waals surface area contributed by atoms with Crippen LogP contribution in [0.5, 0.6) is 0 Å². The molecule has 4 heteroatoms. The van der Waals surface area contributed by atoms with E-state index in [0.29, 0.717) is 12.0 Å². The lowest BCUT2D eigenvalue weighted by molar-refractivity contribution is 0.174. The average Bonchev–Trinajstić information content (AvgIpc) is 2.41. The second-order valence-electron chi connectivity index (χ2n) is 5.73. The number of hydrogen-bond acceptors (Lipinski definition) is 3. The Bertz CT molecular complexity index is 378. The van der Waals surface area contributed by atoms with Crippen LogP contribution in [-0.4, -0.2) is 36.1 Å². The maximum Gasteiger partial charge on any atom is 0.141 e. The Morgan fingerprint density at radius 1 is 1.30 bits per heavy atom. The highest BCUT2D eigenvalue weighted by atomic mass is 19.1. The van der Waals surface area contributed by atoms with Crippen LogP contribution in [0, 0.1) is 11.7 Å². The maximum absolute atomic E-state index is 13.0. The van der Waals surface area contributed by atoms with E-state index in [0.717, 1.165) is 25.2 Å². The predicted octanol–water partition coefficient (Wildman–Crippen LogP) is 3.24. The number of aromatic nitrogens is 1. The van der Waals surface area contributed by atoms with Crippen molar-refractivity contribution in [1.82, 2.24) is 15.2 Å². The van der Waals surface area contributed by atoms with E-state index in [-0.39, 0.29) is 11.9 Å². The summed E-state index contributed by atoms with van der Waals surface area (Å²) >= 11 is 0. The van der Waals surface area contributed by atoms with Crippen molar-refractivity contribution in [2.75, 3.05) is 20.1 Å². The van der Waals surface area contributed by atoms with E-state index in [9.17, 15) is 4.39 Å². The van der Waals surface area contributed by atoms with Crippen LogP contribution < -0.4 is 5.32 Å². The molecule has 0 spiro atoms. The molecule has 1 heterocycles. The van der Waals surface area contributed by atoms with E-state index in [1.54, 1.807) is 6.07 Å². The Morgan fingerprint density at radius 2 is 2.00 bits per heavy atom. The smallest absolute Gasteiger partial charge is 0.141 e.